The molecule has 0 radical (unpaired) electrons. The van der Waals surface area contributed by atoms with Crippen molar-refractivity contribution in [2.24, 2.45) is 4.40 Å². The normalized spacial score (nSPS) is 13.1. The van der Waals surface area contributed by atoms with Crippen LogP contribution >= 0.6 is 24.2 Å². The summed E-state index contributed by atoms with van der Waals surface area (Å²) in [6.45, 7) is 0. The Kier molecular flexibility index (Phi) is 8.84. The standard InChI is InChI=1S/C53H33N5S2/c54-50-45(58-59)29-28-43-49(50)42-15-4-6-18-44(42)55-51(43)35-26-20-32(21-27-35)37-12-8-13-38(30-37)47-31-46(56-53(57-47)36-10-2-1-3-11-36)34-24-22-33(23-25-34)39-16-9-17-41-40-14-5-7-19-48(40)60-52(39)41/h1-31,54,59H/b54-50?,58-45-. The Morgan fingerprint density at radius 1 is 0.483 bits per heavy atom. The van der Waals surface area contributed by atoms with Crippen molar-refractivity contribution >= 4 is 72.7 Å². The molecule has 0 spiro atoms. The average Bonchev–Trinajstić information content (AvgIpc) is 3.71. The maximum absolute atomic E-state index is 8.94. The van der Waals surface area contributed by atoms with Crippen LogP contribution < -0.4 is 0 Å². The van der Waals surface area contributed by atoms with Crippen LogP contribution in [0.15, 0.2) is 186 Å². The molecular formula is C53H33N5S2. The first-order valence-corrected chi connectivity index (χ1v) is 20.9. The number of aromatic nitrogens is 3. The number of pyridine rings is 1. The van der Waals surface area contributed by atoms with E-state index < -0.39 is 0 Å². The summed E-state index contributed by atoms with van der Waals surface area (Å²) in [4.78, 5) is 15.3. The molecule has 0 saturated carbocycles. The molecule has 1 N–H and O–H groups in total. The number of nitrogens with one attached hydrogen (secondary N) is 1. The highest BCUT2D eigenvalue weighted by Crippen LogP contribution is 2.41. The van der Waals surface area contributed by atoms with Gasteiger partial charge in [-0.05, 0) is 71.5 Å². The molecule has 0 atom stereocenters. The van der Waals surface area contributed by atoms with E-state index in [-0.39, 0.29) is 0 Å². The van der Waals surface area contributed by atoms with Gasteiger partial charge >= 0.3 is 0 Å². The van der Waals surface area contributed by atoms with E-state index in [1.165, 1.54) is 31.3 Å². The van der Waals surface area contributed by atoms with Gasteiger partial charge in [0.1, 0.15) is 0 Å². The van der Waals surface area contributed by atoms with Gasteiger partial charge in [-0.25, -0.2) is 19.3 Å². The molecule has 0 fully saturated rings. The molecule has 7 heteroatoms. The molecule has 0 aliphatic heterocycles. The molecule has 10 aromatic rings. The number of allylic oxidation sites excluding steroid dienone is 1. The van der Waals surface area contributed by atoms with Crippen LogP contribution in [-0.4, -0.2) is 26.4 Å². The van der Waals surface area contributed by atoms with Crippen molar-refractivity contribution in [3.05, 3.63) is 193 Å². The molecule has 60 heavy (non-hydrogen) atoms. The van der Waals surface area contributed by atoms with Crippen molar-refractivity contribution in [1.82, 2.24) is 15.0 Å². The molecule has 5 nitrogen and oxygen atoms in total. The second-order valence-corrected chi connectivity index (χ2v) is 16.1. The Morgan fingerprint density at radius 2 is 1.12 bits per heavy atom. The zero-order valence-corrected chi connectivity index (χ0v) is 33.8. The molecule has 3 heterocycles. The summed E-state index contributed by atoms with van der Waals surface area (Å²) < 4.78 is 6.66. The van der Waals surface area contributed by atoms with Crippen molar-refractivity contribution in [1.29, 1.82) is 5.41 Å². The minimum atomic E-state index is 0.344. The Hall–Kier alpha value is -7.32. The second kappa shape index (κ2) is 14.8. The average molecular weight is 804 g/mol. The predicted octanol–water partition coefficient (Wildman–Crippen LogP) is 14.1. The number of benzene rings is 7. The molecule has 0 amide bonds. The minimum absolute atomic E-state index is 0.344. The highest BCUT2D eigenvalue weighted by Gasteiger charge is 2.23. The summed E-state index contributed by atoms with van der Waals surface area (Å²) in [7, 11) is 0. The maximum atomic E-state index is 8.94. The molecule has 0 saturated heterocycles. The predicted molar refractivity (Wildman–Crippen MR) is 255 cm³/mol. The lowest BCUT2D eigenvalue weighted by molar-refractivity contribution is 1.18. The Balaban J connectivity index is 0.952. The lowest BCUT2D eigenvalue weighted by Crippen LogP contribution is -2.18. The monoisotopic (exact) mass is 803 g/mol. The number of thiol groups is 1. The van der Waals surface area contributed by atoms with Crippen LogP contribution in [0, 0.1) is 5.41 Å². The van der Waals surface area contributed by atoms with E-state index in [2.05, 4.69) is 151 Å². The van der Waals surface area contributed by atoms with Gasteiger partial charge in [0, 0.05) is 58.9 Å². The minimum Gasteiger partial charge on any atom is -0.298 e. The van der Waals surface area contributed by atoms with Crippen LogP contribution in [-0.2, 0) is 0 Å². The first kappa shape index (κ1) is 35.8. The van der Waals surface area contributed by atoms with E-state index in [9.17, 15) is 0 Å². The summed E-state index contributed by atoms with van der Waals surface area (Å²) in [5.74, 6) is 0.679. The molecular weight excluding hydrogens is 771 g/mol. The molecule has 0 unspecified atom stereocenters. The van der Waals surface area contributed by atoms with Crippen LogP contribution in [0.4, 0.5) is 0 Å². The zero-order valence-electron chi connectivity index (χ0n) is 32.0. The molecule has 3 aromatic heterocycles. The summed E-state index contributed by atoms with van der Waals surface area (Å²) in [5.41, 5.74) is 14.5. The third-order valence-corrected chi connectivity index (χ3v) is 12.7. The van der Waals surface area contributed by atoms with E-state index in [1.54, 1.807) is 0 Å². The van der Waals surface area contributed by atoms with E-state index in [0.29, 0.717) is 17.2 Å². The lowest BCUT2D eigenvalue weighted by atomic mass is 9.88. The van der Waals surface area contributed by atoms with Gasteiger partial charge in [0.2, 0.25) is 0 Å². The van der Waals surface area contributed by atoms with Crippen molar-refractivity contribution in [3.8, 4) is 67.4 Å². The van der Waals surface area contributed by atoms with Crippen LogP contribution in [0.2, 0.25) is 0 Å². The van der Waals surface area contributed by atoms with E-state index in [0.717, 1.165) is 72.5 Å². The first-order chi connectivity index (χ1) is 29.6. The van der Waals surface area contributed by atoms with Crippen LogP contribution in [0.1, 0.15) is 11.1 Å². The van der Waals surface area contributed by atoms with Crippen LogP contribution in [0.25, 0.3) is 105 Å². The number of rotatable bonds is 6. The second-order valence-electron chi connectivity index (χ2n) is 14.8. The Labute approximate surface area is 356 Å². The topological polar surface area (TPSA) is 74.9 Å². The fourth-order valence-corrected chi connectivity index (χ4v) is 9.67. The number of nitrogens with zero attached hydrogens (tertiary/aromatic N) is 4. The van der Waals surface area contributed by atoms with Crippen molar-refractivity contribution in [2.75, 3.05) is 0 Å². The van der Waals surface area contributed by atoms with Gasteiger partial charge in [-0.3, -0.25) is 5.41 Å². The van der Waals surface area contributed by atoms with Crippen molar-refractivity contribution in [3.63, 3.8) is 0 Å². The van der Waals surface area contributed by atoms with Gasteiger partial charge in [-0.15, -0.1) is 11.3 Å². The zero-order chi connectivity index (χ0) is 40.2. The number of thiophene rings is 1. The van der Waals surface area contributed by atoms with Crippen molar-refractivity contribution in [2.45, 2.75) is 0 Å². The summed E-state index contributed by atoms with van der Waals surface area (Å²) in [5, 5.41) is 12.5. The molecule has 11 rings (SSSR count). The maximum Gasteiger partial charge on any atom is 0.160 e. The highest BCUT2D eigenvalue weighted by atomic mass is 32.1. The largest absolute Gasteiger partial charge is 0.298 e. The molecule has 1 aliphatic rings. The molecule has 282 valence electrons. The third kappa shape index (κ3) is 6.23. The van der Waals surface area contributed by atoms with Gasteiger partial charge in [0.15, 0.2) is 5.82 Å². The van der Waals surface area contributed by atoms with Crippen molar-refractivity contribution < 1.29 is 0 Å². The van der Waals surface area contributed by atoms with E-state index >= 15 is 0 Å². The summed E-state index contributed by atoms with van der Waals surface area (Å²) in [6, 6.07) is 61.3. The molecule has 7 aromatic carbocycles. The Bertz CT molecular complexity index is 3380. The van der Waals surface area contributed by atoms with Crippen LogP contribution in [0.3, 0.4) is 0 Å². The highest BCUT2D eigenvalue weighted by molar-refractivity contribution is 7.79. The number of para-hydroxylation sites is 1. The quantitative estimate of drug-likeness (QED) is 0.164. The van der Waals surface area contributed by atoms with Crippen LogP contribution in [0.5, 0.6) is 0 Å². The molecule has 1 aliphatic carbocycles. The first-order valence-electron chi connectivity index (χ1n) is 19.7. The van der Waals surface area contributed by atoms with E-state index in [4.69, 9.17) is 20.4 Å². The van der Waals surface area contributed by atoms with E-state index in [1.807, 2.05) is 66.0 Å². The van der Waals surface area contributed by atoms with Gasteiger partial charge < -0.3 is 0 Å². The number of hydrogen-bond acceptors (Lipinski definition) is 7. The fraction of sp³-hybridized carbons (Fsp3) is 0. The van der Waals surface area contributed by atoms with Gasteiger partial charge in [0.05, 0.1) is 34.0 Å². The summed E-state index contributed by atoms with van der Waals surface area (Å²) in [6.07, 6.45) is 3.83. The lowest BCUT2D eigenvalue weighted by Gasteiger charge is -2.19. The van der Waals surface area contributed by atoms with Gasteiger partial charge in [0.25, 0.3) is 0 Å². The third-order valence-electron chi connectivity index (χ3n) is 11.3. The number of fused-ring (bicyclic) bond motifs is 6. The molecule has 0 bridgehead atoms. The number of hydrogen-bond donors (Lipinski definition) is 2. The summed E-state index contributed by atoms with van der Waals surface area (Å²) >= 11 is 5.98. The SMILES string of the molecule is N=C1/C(=N\S)C=Cc2c(-c3ccc(-c4cccc(-c5cc(-c6ccc(-c7cccc8c7sc7ccccc78)cc6)nc(-c6ccccc6)n5)c4)cc3)nc3ccccc3c21. The smallest absolute Gasteiger partial charge is 0.160 e. The Morgan fingerprint density at radius 3 is 1.93 bits per heavy atom. The van der Waals surface area contributed by atoms with Gasteiger partial charge in [-0.1, -0.05) is 152 Å². The van der Waals surface area contributed by atoms with Gasteiger partial charge in [-0.2, -0.15) is 0 Å². The fourth-order valence-electron chi connectivity index (χ4n) is 8.27.